The Bertz CT molecular complexity index is 805. The summed E-state index contributed by atoms with van der Waals surface area (Å²) in [5.74, 6) is -1.21. The quantitative estimate of drug-likeness (QED) is 0.797. The Morgan fingerprint density at radius 2 is 1.81 bits per heavy atom. The number of pyridine rings is 1. The van der Waals surface area contributed by atoms with E-state index >= 15 is 0 Å². The molecule has 0 radical (unpaired) electrons. The third-order valence-corrected chi connectivity index (χ3v) is 3.16. The van der Waals surface area contributed by atoms with Crippen molar-refractivity contribution >= 4 is 10.8 Å². The average molecular weight is 286 g/mol. The van der Waals surface area contributed by atoms with Gasteiger partial charge in [-0.3, -0.25) is 0 Å². The number of rotatable bonds is 3. The Hall–Kier alpha value is -2.53. The highest BCUT2D eigenvalue weighted by Gasteiger charge is 2.11. The molecule has 5 heteroatoms. The summed E-state index contributed by atoms with van der Waals surface area (Å²) in [7, 11) is 0. The first-order valence-corrected chi connectivity index (χ1v) is 6.38. The number of fused-ring (bicyclic) bond motifs is 1. The van der Waals surface area contributed by atoms with Gasteiger partial charge in [-0.15, -0.1) is 0 Å². The molecule has 3 aromatic rings. The molecule has 0 fully saturated rings. The molecule has 0 aliphatic carbocycles. The van der Waals surface area contributed by atoms with Gasteiger partial charge in [-0.2, -0.15) is 0 Å². The third-order valence-electron chi connectivity index (χ3n) is 3.16. The fraction of sp³-hybridized carbons (Fsp3) is 0.0625. The zero-order valence-corrected chi connectivity index (χ0v) is 11.0. The SMILES string of the molecule is NCc1cnc(Oc2cc(F)ccc2F)c2ccccc12. The Balaban J connectivity index is 2.11. The minimum Gasteiger partial charge on any atom is -0.435 e. The molecule has 0 unspecified atom stereocenters. The molecule has 0 saturated heterocycles. The van der Waals surface area contributed by atoms with Crippen molar-refractivity contribution in [2.75, 3.05) is 0 Å². The molecule has 3 rings (SSSR count). The lowest BCUT2D eigenvalue weighted by molar-refractivity contribution is 0.427. The predicted molar refractivity (Wildman–Crippen MR) is 76.1 cm³/mol. The lowest BCUT2D eigenvalue weighted by Crippen LogP contribution is -2.00. The first kappa shape index (κ1) is 13.5. The smallest absolute Gasteiger partial charge is 0.227 e. The van der Waals surface area contributed by atoms with Gasteiger partial charge in [0.2, 0.25) is 5.88 Å². The van der Waals surface area contributed by atoms with Crippen LogP contribution in [0.2, 0.25) is 0 Å². The van der Waals surface area contributed by atoms with Crippen molar-refractivity contribution < 1.29 is 13.5 Å². The van der Waals surface area contributed by atoms with E-state index in [0.29, 0.717) is 11.9 Å². The van der Waals surface area contributed by atoms with Crippen molar-refractivity contribution in [2.24, 2.45) is 5.73 Å². The molecule has 2 N–H and O–H groups in total. The van der Waals surface area contributed by atoms with Crippen molar-refractivity contribution in [3.63, 3.8) is 0 Å². The van der Waals surface area contributed by atoms with E-state index in [1.807, 2.05) is 18.2 Å². The van der Waals surface area contributed by atoms with Gasteiger partial charge in [0.1, 0.15) is 5.82 Å². The molecule has 3 nitrogen and oxygen atoms in total. The summed E-state index contributed by atoms with van der Waals surface area (Å²) in [6.45, 7) is 0.335. The van der Waals surface area contributed by atoms with Gasteiger partial charge in [-0.1, -0.05) is 18.2 Å². The summed E-state index contributed by atoms with van der Waals surface area (Å²) in [6, 6.07) is 10.4. The van der Waals surface area contributed by atoms with Crippen LogP contribution in [0.4, 0.5) is 8.78 Å². The Kier molecular flexibility index (Phi) is 3.50. The number of hydrogen-bond acceptors (Lipinski definition) is 3. The second-order valence-corrected chi connectivity index (χ2v) is 4.52. The van der Waals surface area contributed by atoms with Crippen LogP contribution in [0.5, 0.6) is 11.6 Å². The van der Waals surface area contributed by atoms with Crippen molar-refractivity contribution in [1.29, 1.82) is 0 Å². The first-order chi connectivity index (χ1) is 10.2. The van der Waals surface area contributed by atoms with Crippen LogP contribution in [0.3, 0.4) is 0 Å². The van der Waals surface area contributed by atoms with Crippen LogP contribution < -0.4 is 10.5 Å². The molecular weight excluding hydrogens is 274 g/mol. The topological polar surface area (TPSA) is 48.1 Å². The van der Waals surface area contributed by atoms with Crippen LogP contribution in [0, 0.1) is 11.6 Å². The summed E-state index contributed by atoms with van der Waals surface area (Å²) >= 11 is 0. The van der Waals surface area contributed by atoms with E-state index in [0.717, 1.165) is 29.1 Å². The molecule has 21 heavy (non-hydrogen) atoms. The lowest BCUT2D eigenvalue weighted by atomic mass is 10.1. The Morgan fingerprint density at radius 3 is 2.57 bits per heavy atom. The third kappa shape index (κ3) is 2.55. The molecule has 0 atom stereocenters. The second kappa shape index (κ2) is 5.46. The second-order valence-electron chi connectivity index (χ2n) is 4.52. The summed E-state index contributed by atoms with van der Waals surface area (Å²) in [5, 5.41) is 1.57. The van der Waals surface area contributed by atoms with Gasteiger partial charge in [0, 0.05) is 24.2 Å². The van der Waals surface area contributed by atoms with Gasteiger partial charge >= 0.3 is 0 Å². The van der Waals surface area contributed by atoms with Crippen molar-refractivity contribution in [3.05, 3.63) is 65.9 Å². The maximum atomic E-state index is 13.7. The van der Waals surface area contributed by atoms with Crippen LogP contribution in [0.25, 0.3) is 10.8 Å². The number of hydrogen-bond donors (Lipinski definition) is 1. The van der Waals surface area contributed by atoms with Gasteiger partial charge in [0.15, 0.2) is 11.6 Å². The van der Waals surface area contributed by atoms with Gasteiger partial charge < -0.3 is 10.5 Å². The summed E-state index contributed by atoms with van der Waals surface area (Å²) in [6.07, 6.45) is 1.58. The number of ether oxygens (including phenoxy) is 1. The summed E-state index contributed by atoms with van der Waals surface area (Å²) in [4.78, 5) is 4.15. The zero-order chi connectivity index (χ0) is 14.8. The molecule has 0 aliphatic rings. The van der Waals surface area contributed by atoms with E-state index in [1.165, 1.54) is 0 Å². The van der Waals surface area contributed by atoms with E-state index in [2.05, 4.69) is 4.98 Å². The van der Waals surface area contributed by atoms with E-state index in [1.54, 1.807) is 12.3 Å². The number of halogens is 2. The molecule has 1 aromatic heterocycles. The molecule has 106 valence electrons. The lowest BCUT2D eigenvalue weighted by Gasteiger charge is -2.11. The number of nitrogens with zero attached hydrogens (tertiary/aromatic N) is 1. The fourth-order valence-electron chi connectivity index (χ4n) is 2.13. The molecule has 0 amide bonds. The van der Waals surface area contributed by atoms with Gasteiger partial charge in [-0.25, -0.2) is 13.8 Å². The molecule has 0 spiro atoms. The van der Waals surface area contributed by atoms with Crippen LogP contribution in [-0.2, 0) is 6.54 Å². The highest BCUT2D eigenvalue weighted by molar-refractivity contribution is 5.89. The zero-order valence-electron chi connectivity index (χ0n) is 11.0. The van der Waals surface area contributed by atoms with E-state index < -0.39 is 11.6 Å². The highest BCUT2D eigenvalue weighted by Crippen LogP contribution is 2.31. The first-order valence-electron chi connectivity index (χ1n) is 6.38. The predicted octanol–water partition coefficient (Wildman–Crippen LogP) is 3.76. The van der Waals surface area contributed by atoms with Crippen molar-refractivity contribution in [3.8, 4) is 11.6 Å². The average Bonchev–Trinajstić information content (AvgIpc) is 2.51. The molecule has 0 saturated carbocycles. The van der Waals surface area contributed by atoms with Gasteiger partial charge in [0.05, 0.1) is 0 Å². The monoisotopic (exact) mass is 286 g/mol. The minimum atomic E-state index is -0.648. The standard InChI is InChI=1S/C16H12F2N2O/c17-11-5-6-14(18)15(7-11)21-16-13-4-2-1-3-12(13)10(8-19)9-20-16/h1-7,9H,8,19H2. The van der Waals surface area contributed by atoms with Crippen LogP contribution in [0.1, 0.15) is 5.56 Å². The van der Waals surface area contributed by atoms with E-state index in [9.17, 15) is 8.78 Å². The summed E-state index contributed by atoms with van der Waals surface area (Å²) in [5.41, 5.74) is 6.53. The molecule has 0 bridgehead atoms. The van der Waals surface area contributed by atoms with E-state index in [4.69, 9.17) is 10.5 Å². The van der Waals surface area contributed by atoms with Crippen molar-refractivity contribution in [1.82, 2.24) is 4.98 Å². The largest absolute Gasteiger partial charge is 0.435 e. The summed E-state index contributed by atoms with van der Waals surface area (Å²) < 4.78 is 32.3. The Morgan fingerprint density at radius 1 is 1.05 bits per heavy atom. The van der Waals surface area contributed by atoms with E-state index in [-0.39, 0.29) is 11.6 Å². The Labute approximate surface area is 120 Å². The molecule has 0 aliphatic heterocycles. The number of benzene rings is 2. The number of aromatic nitrogens is 1. The van der Waals surface area contributed by atoms with Gasteiger partial charge in [-0.05, 0) is 29.1 Å². The molecule has 1 heterocycles. The van der Waals surface area contributed by atoms with Crippen LogP contribution in [0.15, 0.2) is 48.7 Å². The maximum Gasteiger partial charge on any atom is 0.227 e. The fourth-order valence-corrected chi connectivity index (χ4v) is 2.13. The maximum absolute atomic E-state index is 13.7. The van der Waals surface area contributed by atoms with Gasteiger partial charge in [0.25, 0.3) is 0 Å². The molecular formula is C16H12F2N2O. The highest BCUT2D eigenvalue weighted by atomic mass is 19.1. The van der Waals surface area contributed by atoms with Crippen LogP contribution >= 0.6 is 0 Å². The molecule has 2 aromatic carbocycles. The number of nitrogens with two attached hydrogens (primary N) is 1. The van der Waals surface area contributed by atoms with Crippen molar-refractivity contribution in [2.45, 2.75) is 6.54 Å². The normalized spacial score (nSPS) is 10.8. The minimum absolute atomic E-state index is 0.201. The van der Waals surface area contributed by atoms with Crippen LogP contribution in [-0.4, -0.2) is 4.98 Å².